The zero-order valence-corrected chi connectivity index (χ0v) is 14.0. The summed E-state index contributed by atoms with van der Waals surface area (Å²) in [7, 11) is 0. The number of hydrogen-bond donors (Lipinski definition) is 1. The average Bonchev–Trinajstić information content (AvgIpc) is 2.62. The molecule has 0 aromatic heterocycles. The predicted molar refractivity (Wildman–Crippen MR) is 94.7 cm³/mol. The maximum atomic E-state index is 8.26. The van der Waals surface area contributed by atoms with Crippen molar-refractivity contribution >= 4 is 0 Å². The van der Waals surface area contributed by atoms with Crippen molar-refractivity contribution in [1.82, 2.24) is 0 Å². The Kier molecular flexibility index (Phi) is 11.7. The highest BCUT2D eigenvalue weighted by Crippen LogP contribution is 2.06. The fraction of sp³-hybridized carbons (Fsp3) is 0.400. The largest absolute Gasteiger partial charge is 0.394 e. The third-order valence-corrected chi connectivity index (χ3v) is 3.20. The Morgan fingerprint density at radius 3 is 1.61 bits per heavy atom. The van der Waals surface area contributed by atoms with E-state index in [1.807, 2.05) is 6.92 Å². The first-order valence-corrected chi connectivity index (χ1v) is 8.21. The summed E-state index contributed by atoms with van der Waals surface area (Å²) < 4.78 is 9.88. The SMILES string of the molecule is CCOCCOCCO.c1ccc(CCc2ccccc2)cc1. The van der Waals surface area contributed by atoms with Gasteiger partial charge >= 0.3 is 0 Å². The smallest absolute Gasteiger partial charge is 0.0701 e. The molecule has 0 aliphatic heterocycles. The second-order valence-corrected chi connectivity index (χ2v) is 5.00. The molecule has 0 atom stereocenters. The molecule has 0 aliphatic rings. The van der Waals surface area contributed by atoms with E-state index in [4.69, 9.17) is 14.6 Å². The van der Waals surface area contributed by atoms with Crippen molar-refractivity contribution in [3.63, 3.8) is 0 Å². The van der Waals surface area contributed by atoms with Crippen LogP contribution in [0.5, 0.6) is 0 Å². The van der Waals surface area contributed by atoms with E-state index < -0.39 is 0 Å². The molecule has 0 saturated heterocycles. The van der Waals surface area contributed by atoms with E-state index in [0.717, 1.165) is 19.4 Å². The summed E-state index contributed by atoms with van der Waals surface area (Å²) in [5.41, 5.74) is 2.83. The van der Waals surface area contributed by atoms with Crippen LogP contribution in [-0.2, 0) is 22.3 Å². The average molecular weight is 316 g/mol. The van der Waals surface area contributed by atoms with Crippen LogP contribution in [0.3, 0.4) is 0 Å². The van der Waals surface area contributed by atoms with E-state index in [-0.39, 0.29) is 6.61 Å². The fourth-order valence-electron chi connectivity index (χ4n) is 2.01. The third-order valence-electron chi connectivity index (χ3n) is 3.20. The van der Waals surface area contributed by atoms with Crippen LogP contribution in [0.25, 0.3) is 0 Å². The highest BCUT2D eigenvalue weighted by Gasteiger charge is 1.93. The van der Waals surface area contributed by atoms with Gasteiger partial charge in [0, 0.05) is 6.61 Å². The van der Waals surface area contributed by atoms with Gasteiger partial charge < -0.3 is 14.6 Å². The Morgan fingerprint density at radius 2 is 1.17 bits per heavy atom. The Morgan fingerprint density at radius 1 is 0.696 bits per heavy atom. The number of ether oxygens (including phenoxy) is 2. The molecule has 0 radical (unpaired) electrons. The summed E-state index contributed by atoms with van der Waals surface area (Å²) in [6.07, 6.45) is 2.26. The van der Waals surface area contributed by atoms with Gasteiger partial charge in [0.05, 0.1) is 26.4 Å². The second kappa shape index (κ2) is 13.9. The highest BCUT2D eigenvalue weighted by molar-refractivity contribution is 5.19. The topological polar surface area (TPSA) is 38.7 Å². The number of hydrogen-bond acceptors (Lipinski definition) is 3. The molecule has 0 unspecified atom stereocenters. The molecular weight excluding hydrogens is 288 g/mol. The molecule has 0 heterocycles. The first-order chi connectivity index (χ1) is 11.4. The van der Waals surface area contributed by atoms with Crippen LogP contribution in [0, 0.1) is 0 Å². The molecule has 0 saturated carbocycles. The molecule has 0 amide bonds. The Bertz CT molecular complexity index is 425. The Balaban J connectivity index is 0.000000257. The fourth-order valence-corrected chi connectivity index (χ4v) is 2.01. The predicted octanol–water partition coefficient (Wildman–Crippen LogP) is 3.50. The molecule has 0 spiro atoms. The van der Waals surface area contributed by atoms with E-state index in [1.54, 1.807) is 0 Å². The van der Waals surface area contributed by atoms with Crippen LogP contribution in [0.15, 0.2) is 60.7 Å². The third kappa shape index (κ3) is 10.6. The van der Waals surface area contributed by atoms with Gasteiger partial charge in [0.15, 0.2) is 0 Å². The van der Waals surface area contributed by atoms with Gasteiger partial charge in [0.2, 0.25) is 0 Å². The maximum absolute atomic E-state index is 8.26. The van der Waals surface area contributed by atoms with Crippen molar-refractivity contribution in [1.29, 1.82) is 0 Å². The Hall–Kier alpha value is -1.68. The second-order valence-electron chi connectivity index (χ2n) is 5.00. The van der Waals surface area contributed by atoms with Crippen molar-refractivity contribution in [2.75, 3.05) is 33.0 Å². The van der Waals surface area contributed by atoms with E-state index >= 15 is 0 Å². The van der Waals surface area contributed by atoms with Crippen molar-refractivity contribution < 1.29 is 14.6 Å². The van der Waals surface area contributed by atoms with Gasteiger partial charge in [-0.3, -0.25) is 0 Å². The molecule has 2 rings (SSSR count). The van der Waals surface area contributed by atoms with E-state index in [0.29, 0.717) is 19.8 Å². The molecule has 126 valence electrons. The summed E-state index contributed by atoms with van der Waals surface area (Å²) in [5.74, 6) is 0. The molecule has 1 N–H and O–H groups in total. The van der Waals surface area contributed by atoms with Gasteiger partial charge in [-0.1, -0.05) is 60.7 Å². The van der Waals surface area contributed by atoms with E-state index in [2.05, 4.69) is 60.7 Å². The summed E-state index contributed by atoms with van der Waals surface area (Å²) in [5, 5.41) is 8.26. The minimum Gasteiger partial charge on any atom is -0.394 e. The van der Waals surface area contributed by atoms with Crippen molar-refractivity contribution in [3.05, 3.63) is 71.8 Å². The van der Waals surface area contributed by atoms with Gasteiger partial charge in [0.1, 0.15) is 0 Å². The summed E-state index contributed by atoms with van der Waals surface area (Å²) in [4.78, 5) is 0. The van der Waals surface area contributed by atoms with Gasteiger partial charge in [-0.2, -0.15) is 0 Å². The Labute approximate surface area is 139 Å². The summed E-state index contributed by atoms with van der Waals surface area (Å²) in [6.45, 7) is 4.36. The van der Waals surface area contributed by atoms with Gasteiger partial charge in [-0.15, -0.1) is 0 Å². The summed E-state index contributed by atoms with van der Waals surface area (Å²) >= 11 is 0. The van der Waals surface area contributed by atoms with Crippen LogP contribution in [0.2, 0.25) is 0 Å². The molecule has 2 aromatic rings. The maximum Gasteiger partial charge on any atom is 0.0701 e. The molecule has 0 bridgehead atoms. The molecule has 3 heteroatoms. The number of aliphatic hydroxyl groups is 1. The molecule has 0 fully saturated rings. The zero-order chi connectivity index (χ0) is 16.6. The lowest BCUT2D eigenvalue weighted by Crippen LogP contribution is -2.06. The van der Waals surface area contributed by atoms with Gasteiger partial charge in [-0.25, -0.2) is 0 Å². The van der Waals surface area contributed by atoms with Crippen LogP contribution < -0.4 is 0 Å². The standard InChI is InChI=1S/C14H14.C6H14O3/c1-3-7-13(8-4-1)11-12-14-9-5-2-6-10-14;1-2-8-5-6-9-4-3-7/h1-10H,11-12H2;7H,2-6H2,1H3. The van der Waals surface area contributed by atoms with E-state index in [1.165, 1.54) is 11.1 Å². The monoisotopic (exact) mass is 316 g/mol. The number of benzene rings is 2. The van der Waals surface area contributed by atoms with Crippen LogP contribution >= 0.6 is 0 Å². The molecule has 2 aromatic carbocycles. The molecule has 23 heavy (non-hydrogen) atoms. The number of aryl methyl sites for hydroxylation is 2. The lowest BCUT2D eigenvalue weighted by atomic mass is 10.0. The quantitative estimate of drug-likeness (QED) is 0.720. The normalized spacial score (nSPS) is 10.0. The lowest BCUT2D eigenvalue weighted by Gasteiger charge is -2.01. The van der Waals surface area contributed by atoms with Gasteiger partial charge in [0.25, 0.3) is 0 Å². The van der Waals surface area contributed by atoms with Crippen LogP contribution in [0.4, 0.5) is 0 Å². The van der Waals surface area contributed by atoms with Crippen LogP contribution in [0.1, 0.15) is 18.1 Å². The number of rotatable bonds is 9. The minimum atomic E-state index is 0.0894. The molecule has 3 nitrogen and oxygen atoms in total. The van der Waals surface area contributed by atoms with Gasteiger partial charge in [-0.05, 0) is 30.9 Å². The highest BCUT2D eigenvalue weighted by atomic mass is 16.5. The first kappa shape index (κ1) is 19.4. The molecular formula is C20H28O3. The van der Waals surface area contributed by atoms with Crippen LogP contribution in [-0.4, -0.2) is 38.1 Å². The zero-order valence-electron chi connectivity index (χ0n) is 14.0. The minimum absolute atomic E-state index is 0.0894. The van der Waals surface area contributed by atoms with Crippen molar-refractivity contribution in [3.8, 4) is 0 Å². The van der Waals surface area contributed by atoms with Crippen molar-refractivity contribution in [2.45, 2.75) is 19.8 Å². The summed E-state index contributed by atoms with van der Waals surface area (Å²) in [6, 6.07) is 21.2. The van der Waals surface area contributed by atoms with Crippen molar-refractivity contribution in [2.24, 2.45) is 0 Å². The first-order valence-electron chi connectivity index (χ1n) is 8.21. The molecule has 0 aliphatic carbocycles. The lowest BCUT2D eigenvalue weighted by molar-refractivity contribution is 0.0370. The number of aliphatic hydroxyl groups excluding tert-OH is 1. The van der Waals surface area contributed by atoms with E-state index in [9.17, 15) is 0 Å².